The number of rotatable bonds is 6. The van der Waals surface area contributed by atoms with Crippen LogP contribution in [0.2, 0.25) is 0 Å². The number of carbonyl (C=O) groups excluding carboxylic acids is 1. The van der Waals surface area contributed by atoms with Crippen LogP contribution in [0.5, 0.6) is 0 Å². The van der Waals surface area contributed by atoms with Crippen molar-refractivity contribution >= 4 is 17.7 Å². The van der Waals surface area contributed by atoms with Gasteiger partial charge in [0.2, 0.25) is 5.91 Å². The molecule has 3 rings (SSSR count). The van der Waals surface area contributed by atoms with Crippen molar-refractivity contribution in [3.8, 4) is 0 Å². The average Bonchev–Trinajstić information content (AvgIpc) is 3.16. The van der Waals surface area contributed by atoms with Gasteiger partial charge in [0.05, 0.1) is 16.3 Å². The molecule has 1 N–H and O–H groups in total. The predicted molar refractivity (Wildman–Crippen MR) is 93.6 cm³/mol. The molecular weight excluding hydrogens is 322 g/mol. The van der Waals surface area contributed by atoms with E-state index in [4.69, 9.17) is 0 Å². The zero-order chi connectivity index (χ0) is 17.1. The Bertz CT molecular complexity index is 700. The Hall–Kier alpha value is -1.89. The molecule has 2 aromatic heterocycles. The number of fused-ring (bicyclic) bond motifs is 1. The van der Waals surface area contributed by atoms with Gasteiger partial charge in [-0.15, -0.1) is 10.2 Å². The molecule has 1 amide bonds. The summed E-state index contributed by atoms with van der Waals surface area (Å²) < 4.78 is 2.15. The monoisotopic (exact) mass is 345 g/mol. The van der Waals surface area contributed by atoms with Crippen molar-refractivity contribution < 1.29 is 4.79 Å². The first-order valence-electron chi connectivity index (χ1n) is 8.36. The van der Waals surface area contributed by atoms with E-state index in [-0.39, 0.29) is 23.1 Å². The maximum Gasteiger partial charge on any atom is 0.233 e. The lowest BCUT2D eigenvalue weighted by molar-refractivity contribution is -0.121. The number of amides is 1. The molecule has 24 heavy (non-hydrogen) atoms. The van der Waals surface area contributed by atoms with Gasteiger partial charge in [-0.25, -0.2) is 4.98 Å². The summed E-state index contributed by atoms with van der Waals surface area (Å²) in [5.41, 5.74) is 0. The molecule has 0 unspecified atom stereocenters. The first kappa shape index (κ1) is 17.0. The quantitative estimate of drug-likeness (QED) is 0.815. The molecule has 3 heterocycles. The van der Waals surface area contributed by atoms with E-state index < -0.39 is 0 Å². The van der Waals surface area contributed by atoms with Gasteiger partial charge < -0.3 is 9.88 Å². The van der Waals surface area contributed by atoms with Crippen LogP contribution in [0.25, 0.3) is 0 Å². The lowest BCUT2D eigenvalue weighted by Gasteiger charge is -2.23. The molecule has 6 nitrogen and oxygen atoms in total. The number of hydrogen-bond acceptors (Lipinski definition) is 5. The van der Waals surface area contributed by atoms with Gasteiger partial charge in [-0.05, 0) is 31.4 Å². The van der Waals surface area contributed by atoms with Crippen LogP contribution in [0.3, 0.4) is 0 Å². The summed E-state index contributed by atoms with van der Waals surface area (Å²) in [4.78, 5) is 16.9. The first-order valence-corrected chi connectivity index (χ1v) is 9.24. The van der Waals surface area contributed by atoms with Crippen LogP contribution < -0.4 is 5.32 Å². The zero-order valence-electron chi connectivity index (χ0n) is 14.3. The van der Waals surface area contributed by atoms with Crippen LogP contribution in [0, 0.1) is 5.92 Å². The molecule has 7 heteroatoms. The number of nitrogens with zero attached hydrogens (tertiary/aromatic N) is 4. The molecular formula is C17H23N5OS. The number of aryl methyl sites for hydroxylation is 1. The predicted octanol–water partition coefficient (Wildman–Crippen LogP) is 2.61. The van der Waals surface area contributed by atoms with Gasteiger partial charge in [-0.1, -0.05) is 31.7 Å². The number of pyridine rings is 1. The third-order valence-corrected chi connectivity index (χ3v) is 5.24. The Kier molecular flexibility index (Phi) is 5.18. The maximum atomic E-state index is 12.6. The topological polar surface area (TPSA) is 72.7 Å². The normalized spacial score (nSPS) is 16.0. The molecule has 0 bridgehead atoms. The Morgan fingerprint density at radius 1 is 1.29 bits per heavy atom. The average molecular weight is 345 g/mol. The fraction of sp³-hybridized carbons (Fsp3) is 0.529. The van der Waals surface area contributed by atoms with Crippen LogP contribution >= 0.6 is 11.8 Å². The Morgan fingerprint density at radius 3 is 2.83 bits per heavy atom. The van der Waals surface area contributed by atoms with Crippen molar-refractivity contribution in [2.75, 3.05) is 0 Å². The van der Waals surface area contributed by atoms with Gasteiger partial charge in [-0.3, -0.25) is 4.79 Å². The van der Waals surface area contributed by atoms with Crippen molar-refractivity contribution in [2.45, 2.75) is 56.5 Å². The summed E-state index contributed by atoms with van der Waals surface area (Å²) in [6.45, 7) is 7.03. The molecule has 128 valence electrons. The molecule has 0 radical (unpaired) electrons. The van der Waals surface area contributed by atoms with Gasteiger partial charge in [0, 0.05) is 19.2 Å². The van der Waals surface area contributed by atoms with E-state index in [9.17, 15) is 4.79 Å². The summed E-state index contributed by atoms with van der Waals surface area (Å²) in [7, 11) is 0. The zero-order valence-corrected chi connectivity index (χ0v) is 15.1. The standard InChI is InChI=1S/C17H23N5OS/c1-11(2)15(16-21-20-13-7-6-10-22(13)16)19-17(23)12(3)24-14-8-4-5-9-18-14/h4-5,8-9,11-12,15H,6-7,10H2,1-3H3,(H,19,23)/t12-,15+/m0/s1. The Labute approximate surface area is 146 Å². The second-order valence-electron chi connectivity index (χ2n) is 6.39. The molecule has 0 spiro atoms. The number of thioether (sulfide) groups is 1. The molecule has 2 atom stereocenters. The molecule has 0 saturated carbocycles. The smallest absolute Gasteiger partial charge is 0.233 e. The number of nitrogens with one attached hydrogen (secondary N) is 1. The highest BCUT2D eigenvalue weighted by atomic mass is 32.2. The van der Waals surface area contributed by atoms with Gasteiger partial charge in [0.15, 0.2) is 5.82 Å². The van der Waals surface area contributed by atoms with E-state index in [1.54, 1.807) is 6.20 Å². The number of hydrogen-bond donors (Lipinski definition) is 1. The van der Waals surface area contributed by atoms with Crippen molar-refractivity contribution in [3.63, 3.8) is 0 Å². The van der Waals surface area contributed by atoms with E-state index in [0.29, 0.717) is 0 Å². The minimum Gasteiger partial charge on any atom is -0.345 e. The molecule has 0 fully saturated rings. The van der Waals surface area contributed by atoms with Gasteiger partial charge >= 0.3 is 0 Å². The van der Waals surface area contributed by atoms with Crippen molar-refractivity contribution in [2.24, 2.45) is 5.92 Å². The molecule has 0 saturated heterocycles. The third kappa shape index (κ3) is 3.61. The fourth-order valence-electron chi connectivity index (χ4n) is 2.85. The van der Waals surface area contributed by atoms with Crippen molar-refractivity contribution in [3.05, 3.63) is 36.0 Å². The summed E-state index contributed by atoms with van der Waals surface area (Å²) in [6.07, 6.45) is 3.81. The molecule has 0 aliphatic carbocycles. The SMILES string of the molecule is CC(C)[C@@H](NC(=O)[C@H](C)Sc1ccccn1)c1nnc2n1CCC2. The van der Waals surface area contributed by atoms with Gasteiger partial charge in [0.25, 0.3) is 0 Å². The first-order chi connectivity index (χ1) is 11.6. The van der Waals surface area contributed by atoms with E-state index in [1.165, 1.54) is 11.8 Å². The minimum absolute atomic E-state index is 0.000278. The summed E-state index contributed by atoms with van der Waals surface area (Å²) in [6, 6.07) is 5.59. The maximum absolute atomic E-state index is 12.6. The summed E-state index contributed by atoms with van der Waals surface area (Å²) in [5, 5.41) is 12.4. The highest BCUT2D eigenvalue weighted by molar-refractivity contribution is 8.00. The van der Waals surface area contributed by atoms with Crippen LogP contribution in [0.15, 0.2) is 29.4 Å². The largest absolute Gasteiger partial charge is 0.345 e. The Balaban J connectivity index is 1.70. The van der Waals surface area contributed by atoms with Crippen molar-refractivity contribution in [1.29, 1.82) is 0 Å². The van der Waals surface area contributed by atoms with E-state index in [1.807, 2.05) is 25.1 Å². The molecule has 2 aromatic rings. The van der Waals surface area contributed by atoms with Crippen molar-refractivity contribution in [1.82, 2.24) is 25.1 Å². The van der Waals surface area contributed by atoms with Crippen LogP contribution in [0.4, 0.5) is 0 Å². The highest BCUT2D eigenvalue weighted by Crippen LogP contribution is 2.26. The van der Waals surface area contributed by atoms with E-state index in [2.05, 4.69) is 38.9 Å². The van der Waals surface area contributed by atoms with Crippen LogP contribution in [-0.2, 0) is 17.8 Å². The molecule has 1 aliphatic heterocycles. The second kappa shape index (κ2) is 7.34. The third-order valence-electron chi connectivity index (χ3n) is 4.19. The number of carbonyl (C=O) groups is 1. The fourth-order valence-corrected chi connectivity index (χ4v) is 3.67. The number of aromatic nitrogens is 4. The van der Waals surface area contributed by atoms with E-state index in [0.717, 1.165) is 36.1 Å². The lowest BCUT2D eigenvalue weighted by Crippen LogP contribution is -2.38. The summed E-state index contributed by atoms with van der Waals surface area (Å²) >= 11 is 1.46. The van der Waals surface area contributed by atoms with Crippen LogP contribution in [-0.4, -0.2) is 30.9 Å². The van der Waals surface area contributed by atoms with E-state index >= 15 is 0 Å². The van der Waals surface area contributed by atoms with Gasteiger partial charge in [-0.2, -0.15) is 0 Å². The minimum atomic E-state index is -0.220. The second-order valence-corrected chi connectivity index (χ2v) is 7.75. The Morgan fingerprint density at radius 2 is 2.12 bits per heavy atom. The molecule has 0 aromatic carbocycles. The van der Waals surface area contributed by atoms with Crippen LogP contribution in [0.1, 0.15) is 44.9 Å². The lowest BCUT2D eigenvalue weighted by atomic mass is 10.0. The molecule has 1 aliphatic rings. The summed E-state index contributed by atoms with van der Waals surface area (Å²) in [5.74, 6) is 2.15. The van der Waals surface area contributed by atoms with Gasteiger partial charge in [0.1, 0.15) is 5.82 Å². The highest BCUT2D eigenvalue weighted by Gasteiger charge is 2.29.